The molecule has 1 aromatic rings. The highest BCUT2D eigenvalue weighted by atomic mass is 14.8. The van der Waals surface area contributed by atoms with Crippen molar-refractivity contribution in [1.82, 2.24) is 0 Å². The molecule has 0 heterocycles. The molecular formula is C20H27N. The van der Waals surface area contributed by atoms with Crippen LogP contribution in [0.1, 0.15) is 52.5 Å². The van der Waals surface area contributed by atoms with Crippen LogP contribution in [0.4, 0.5) is 5.69 Å². The van der Waals surface area contributed by atoms with Crippen molar-refractivity contribution in [3.8, 4) is 0 Å². The van der Waals surface area contributed by atoms with E-state index in [2.05, 4.69) is 59.4 Å². The molecule has 0 saturated heterocycles. The maximum absolute atomic E-state index is 4.94. The Morgan fingerprint density at radius 2 is 1.90 bits per heavy atom. The fourth-order valence-corrected chi connectivity index (χ4v) is 2.75. The van der Waals surface area contributed by atoms with Gasteiger partial charge in [-0.2, -0.15) is 0 Å². The molecule has 0 bridgehead atoms. The number of hydrogen-bond donors (Lipinski definition) is 0. The van der Waals surface area contributed by atoms with Crippen LogP contribution in [0.5, 0.6) is 0 Å². The van der Waals surface area contributed by atoms with Crippen LogP contribution in [0.15, 0.2) is 4.99 Å². The molecule has 0 spiro atoms. The first-order valence-electron chi connectivity index (χ1n) is 8.04. The van der Waals surface area contributed by atoms with Crippen molar-refractivity contribution in [1.29, 1.82) is 0 Å². The smallest absolute Gasteiger partial charge is 0.0739 e. The molecule has 112 valence electrons. The zero-order valence-corrected chi connectivity index (χ0v) is 14.1. The lowest BCUT2D eigenvalue weighted by atomic mass is 9.98. The number of benzene rings is 1. The van der Waals surface area contributed by atoms with Crippen molar-refractivity contribution in [2.24, 2.45) is 10.9 Å². The summed E-state index contributed by atoms with van der Waals surface area (Å²) in [7, 11) is 0. The molecule has 0 saturated carbocycles. The normalized spacial score (nSPS) is 15.7. The average Bonchev–Trinajstić information content (AvgIpc) is 2.47. The van der Waals surface area contributed by atoms with Crippen LogP contribution in [-0.4, -0.2) is 5.71 Å². The third kappa shape index (κ3) is 3.02. The van der Waals surface area contributed by atoms with E-state index in [0.717, 1.165) is 30.2 Å². The molecule has 21 heavy (non-hydrogen) atoms. The minimum atomic E-state index is 0.475. The summed E-state index contributed by atoms with van der Waals surface area (Å²) in [4.78, 5) is 4.94. The van der Waals surface area contributed by atoms with Gasteiger partial charge in [0.05, 0.1) is 5.69 Å². The molecule has 1 nitrogen and oxygen atoms in total. The quantitative estimate of drug-likeness (QED) is 0.756. The second kappa shape index (κ2) is 6.43. The summed E-state index contributed by atoms with van der Waals surface area (Å²) in [6.45, 7) is 15.2. The Bertz CT molecular complexity index is 792. The van der Waals surface area contributed by atoms with Crippen LogP contribution in [-0.2, 0) is 0 Å². The molecule has 0 amide bonds. The second-order valence-electron chi connectivity index (χ2n) is 6.20. The standard InChI is InChI=1S/C20H27N/c1-7-10-17-14(4)15(5)20(21-16(6)13(2)3)19-12-9-8-11-18(17)19/h10-13H,4,7-9H2,1-3,5-6H3/b17-10+,21-16+. The van der Waals surface area contributed by atoms with Gasteiger partial charge in [0.2, 0.25) is 0 Å². The molecule has 0 atom stereocenters. The van der Waals surface area contributed by atoms with Crippen LogP contribution in [0.25, 0.3) is 24.8 Å². The summed E-state index contributed by atoms with van der Waals surface area (Å²) < 4.78 is 0. The third-order valence-electron chi connectivity index (χ3n) is 4.36. The van der Waals surface area contributed by atoms with Gasteiger partial charge in [0.1, 0.15) is 0 Å². The van der Waals surface area contributed by atoms with E-state index in [9.17, 15) is 0 Å². The SMILES string of the molecule is C=c1c(C)c(/N=C(\C)C(C)C)c2c(/c1=C/CC)=CCCC=2. The largest absolute Gasteiger partial charge is 0.257 e. The fraction of sp³-hybridized carbons (Fsp3) is 0.450. The maximum atomic E-state index is 4.94. The molecule has 0 N–H and O–H groups in total. The van der Waals surface area contributed by atoms with Gasteiger partial charge < -0.3 is 0 Å². The highest BCUT2D eigenvalue weighted by Gasteiger charge is 2.08. The zero-order valence-electron chi connectivity index (χ0n) is 14.1. The maximum Gasteiger partial charge on any atom is 0.0739 e. The van der Waals surface area contributed by atoms with Crippen molar-refractivity contribution in [2.45, 2.75) is 53.9 Å². The van der Waals surface area contributed by atoms with Gasteiger partial charge in [-0.1, -0.05) is 45.6 Å². The molecule has 2 rings (SSSR count). The van der Waals surface area contributed by atoms with Crippen LogP contribution < -0.4 is 20.9 Å². The highest BCUT2D eigenvalue weighted by molar-refractivity contribution is 5.86. The molecule has 1 aliphatic carbocycles. The van der Waals surface area contributed by atoms with Gasteiger partial charge in [0, 0.05) is 10.9 Å². The Labute approximate surface area is 128 Å². The summed E-state index contributed by atoms with van der Waals surface area (Å²) >= 11 is 0. The van der Waals surface area contributed by atoms with E-state index in [-0.39, 0.29) is 0 Å². The predicted octanol–water partition coefficient (Wildman–Crippen LogP) is 2.70. The van der Waals surface area contributed by atoms with E-state index in [1.807, 2.05) is 0 Å². The van der Waals surface area contributed by atoms with Crippen LogP contribution >= 0.6 is 0 Å². The molecule has 0 unspecified atom stereocenters. The Hall–Kier alpha value is -1.63. The van der Waals surface area contributed by atoms with Gasteiger partial charge in [-0.05, 0) is 60.2 Å². The average molecular weight is 281 g/mol. The molecular weight excluding hydrogens is 254 g/mol. The first-order chi connectivity index (χ1) is 9.97. The van der Waals surface area contributed by atoms with Crippen molar-refractivity contribution >= 4 is 36.2 Å². The summed E-state index contributed by atoms with van der Waals surface area (Å²) in [5, 5.41) is 5.10. The summed E-state index contributed by atoms with van der Waals surface area (Å²) in [5.41, 5.74) is 3.54. The lowest BCUT2D eigenvalue weighted by Crippen LogP contribution is -2.50. The molecule has 0 fully saturated rings. The van der Waals surface area contributed by atoms with Crippen molar-refractivity contribution < 1.29 is 0 Å². The second-order valence-corrected chi connectivity index (χ2v) is 6.20. The van der Waals surface area contributed by atoms with Gasteiger partial charge in [0.25, 0.3) is 0 Å². The molecule has 1 aliphatic rings. The number of hydrogen-bond acceptors (Lipinski definition) is 1. The summed E-state index contributed by atoms with van der Waals surface area (Å²) in [5.74, 6) is 0.475. The van der Waals surface area contributed by atoms with Crippen molar-refractivity contribution in [2.75, 3.05) is 0 Å². The molecule has 0 aliphatic heterocycles. The summed E-state index contributed by atoms with van der Waals surface area (Å²) in [6, 6.07) is 0. The fourth-order valence-electron chi connectivity index (χ4n) is 2.75. The van der Waals surface area contributed by atoms with E-state index in [4.69, 9.17) is 4.99 Å². The predicted molar refractivity (Wildman–Crippen MR) is 95.7 cm³/mol. The minimum Gasteiger partial charge on any atom is -0.257 e. The Kier molecular flexibility index (Phi) is 4.82. The minimum absolute atomic E-state index is 0.475. The van der Waals surface area contributed by atoms with E-state index < -0.39 is 0 Å². The van der Waals surface area contributed by atoms with E-state index in [0.29, 0.717) is 5.92 Å². The topological polar surface area (TPSA) is 12.4 Å². The van der Waals surface area contributed by atoms with Crippen LogP contribution in [0.3, 0.4) is 0 Å². The Morgan fingerprint density at radius 3 is 2.48 bits per heavy atom. The monoisotopic (exact) mass is 281 g/mol. The summed E-state index contributed by atoms with van der Waals surface area (Å²) in [6.07, 6.45) is 10.3. The Morgan fingerprint density at radius 1 is 1.29 bits per heavy atom. The molecule has 0 aromatic heterocycles. The molecule has 0 radical (unpaired) electrons. The number of rotatable bonds is 3. The first kappa shape index (κ1) is 15.8. The van der Waals surface area contributed by atoms with E-state index in [1.165, 1.54) is 26.9 Å². The van der Waals surface area contributed by atoms with Gasteiger partial charge >= 0.3 is 0 Å². The van der Waals surface area contributed by atoms with Gasteiger partial charge in [0.15, 0.2) is 0 Å². The number of nitrogens with zero attached hydrogens (tertiary/aromatic N) is 1. The van der Waals surface area contributed by atoms with Crippen LogP contribution in [0.2, 0.25) is 0 Å². The van der Waals surface area contributed by atoms with Gasteiger partial charge in [-0.25, -0.2) is 0 Å². The van der Waals surface area contributed by atoms with Gasteiger partial charge in [-0.15, -0.1) is 0 Å². The lowest BCUT2D eigenvalue weighted by Gasteiger charge is -2.12. The number of fused-ring (bicyclic) bond motifs is 1. The zero-order chi connectivity index (χ0) is 15.6. The third-order valence-corrected chi connectivity index (χ3v) is 4.36. The van der Waals surface area contributed by atoms with E-state index >= 15 is 0 Å². The lowest BCUT2D eigenvalue weighted by molar-refractivity contribution is 0.878. The number of aliphatic imine (C=N–C) groups is 1. The first-order valence-corrected chi connectivity index (χ1v) is 8.04. The Balaban J connectivity index is 2.95. The van der Waals surface area contributed by atoms with Crippen LogP contribution in [0, 0.1) is 12.8 Å². The highest BCUT2D eigenvalue weighted by Crippen LogP contribution is 2.11. The van der Waals surface area contributed by atoms with Gasteiger partial charge in [-0.3, -0.25) is 4.99 Å². The van der Waals surface area contributed by atoms with E-state index in [1.54, 1.807) is 0 Å². The molecule has 1 heteroatoms. The molecule has 1 aromatic carbocycles. The van der Waals surface area contributed by atoms with Crippen molar-refractivity contribution in [3.63, 3.8) is 0 Å². The van der Waals surface area contributed by atoms with Crippen molar-refractivity contribution in [3.05, 3.63) is 26.4 Å².